The predicted octanol–water partition coefficient (Wildman–Crippen LogP) is 5.98. The third kappa shape index (κ3) is 7.59. The van der Waals surface area contributed by atoms with Crippen LogP contribution in [0.25, 0.3) is 22.8 Å². The third-order valence-corrected chi connectivity index (χ3v) is 7.93. The molecule has 0 spiro atoms. The Morgan fingerprint density at radius 1 is 1.07 bits per heavy atom. The molecule has 2 amide bonds. The molecule has 0 fully saturated rings. The molecule has 0 atom stereocenters. The quantitative estimate of drug-likeness (QED) is 0.197. The van der Waals surface area contributed by atoms with Crippen molar-refractivity contribution in [2.24, 2.45) is 4.99 Å². The number of carbonyl (C=O) groups excluding carboxylic acids is 1. The molecule has 0 bridgehead atoms. The molecule has 0 radical (unpaired) electrons. The Balaban J connectivity index is 1.23. The standard InChI is InChI=1S/C31H29F4N7O3S/c1-4-41-30(44)42(26-14-9-22(32)17-25(26)19(2)3)29(46-41)38-28(43)36-16-15-20-5-7-21(8-6-20)27-37-18-40(39-27)23-10-12-24(13-11-23)45-31(33,34)35/h5-14,17-19H,4,15-16H2,1-3H3,(H,36,43). The van der Waals surface area contributed by atoms with E-state index in [2.05, 4.69) is 25.1 Å². The minimum absolute atomic E-state index is 0.0744. The van der Waals surface area contributed by atoms with Crippen LogP contribution in [0.1, 0.15) is 37.8 Å². The van der Waals surface area contributed by atoms with Gasteiger partial charge in [-0.2, -0.15) is 4.99 Å². The number of aromatic nitrogens is 5. The monoisotopic (exact) mass is 655 g/mol. The first kappa shape index (κ1) is 32.3. The number of alkyl halides is 3. The number of urea groups is 1. The molecule has 0 aliphatic carbocycles. The van der Waals surface area contributed by atoms with Gasteiger partial charge < -0.3 is 10.1 Å². The number of nitrogens with zero attached hydrogens (tertiary/aromatic N) is 6. The van der Waals surface area contributed by atoms with Gasteiger partial charge in [0.15, 0.2) is 5.82 Å². The van der Waals surface area contributed by atoms with Crippen LogP contribution in [0.15, 0.2) is 82.8 Å². The lowest BCUT2D eigenvalue weighted by Crippen LogP contribution is -2.31. The highest BCUT2D eigenvalue weighted by atomic mass is 32.1. The SMILES string of the molecule is CCn1sc(=NC(=O)NCCc2ccc(-c3ncn(-c4ccc(OC(F)(F)F)cc4)n3)cc2)n(-c2ccc(F)cc2C(C)C)c1=O. The summed E-state index contributed by atoms with van der Waals surface area (Å²) in [5, 5.41) is 7.15. The summed E-state index contributed by atoms with van der Waals surface area (Å²) in [7, 11) is 0. The Morgan fingerprint density at radius 3 is 2.43 bits per heavy atom. The van der Waals surface area contributed by atoms with E-state index in [0.717, 1.165) is 22.7 Å². The molecule has 0 unspecified atom stereocenters. The van der Waals surface area contributed by atoms with Gasteiger partial charge in [0.05, 0.1) is 11.4 Å². The molecule has 15 heteroatoms. The van der Waals surface area contributed by atoms with E-state index in [1.54, 1.807) is 0 Å². The van der Waals surface area contributed by atoms with Crippen LogP contribution < -0.4 is 20.5 Å². The fourth-order valence-electron chi connectivity index (χ4n) is 4.62. The molecule has 0 aliphatic heterocycles. The average Bonchev–Trinajstić information content (AvgIpc) is 3.62. The van der Waals surface area contributed by atoms with E-state index in [-0.39, 0.29) is 28.7 Å². The zero-order valence-electron chi connectivity index (χ0n) is 25.0. The molecule has 2 heterocycles. The first-order chi connectivity index (χ1) is 21.9. The number of rotatable bonds is 9. The predicted molar refractivity (Wildman–Crippen MR) is 164 cm³/mol. The molecule has 46 heavy (non-hydrogen) atoms. The van der Waals surface area contributed by atoms with Crippen molar-refractivity contribution in [2.45, 2.75) is 46.0 Å². The number of carbonyl (C=O) groups is 1. The lowest BCUT2D eigenvalue weighted by Gasteiger charge is -2.12. The highest BCUT2D eigenvalue weighted by Crippen LogP contribution is 2.25. The van der Waals surface area contributed by atoms with Gasteiger partial charge in [-0.15, -0.1) is 18.3 Å². The van der Waals surface area contributed by atoms with Crippen LogP contribution in [0.5, 0.6) is 5.75 Å². The van der Waals surface area contributed by atoms with Gasteiger partial charge >= 0.3 is 18.1 Å². The molecule has 3 aromatic carbocycles. The highest BCUT2D eigenvalue weighted by molar-refractivity contribution is 7.03. The third-order valence-electron chi connectivity index (χ3n) is 6.85. The largest absolute Gasteiger partial charge is 0.573 e. The number of ether oxygens (including phenoxy) is 1. The van der Waals surface area contributed by atoms with Gasteiger partial charge in [-0.25, -0.2) is 32.2 Å². The van der Waals surface area contributed by atoms with Crippen LogP contribution >= 0.6 is 11.5 Å². The minimum Gasteiger partial charge on any atom is -0.406 e. The maximum atomic E-state index is 14.0. The first-order valence-electron chi connectivity index (χ1n) is 14.2. The number of nitrogens with one attached hydrogen (secondary N) is 1. The van der Waals surface area contributed by atoms with E-state index < -0.39 is 18.2 Å². The molecule has 0 saturated heterocycles. The lowest BCUT2D eigenvalue weighted by molar-refractivity contribution is -0.274. The molecule has 0 saturated carbocycles. The van der Waals surface area contributed by atoms with E-state index in [1.807, 2.05) is 45.0 Å². The lowest BCUT2D eigenvalue weighted by atomic mass is 10.0. The fourth-order valence-corrected chi connectivity index (χ4v) is 5.49. The molecular weight excluding hydrogens is 626 g/mol. The van der Waals surface area contributed by atoms with Crippen molar-refractivity contribution in [3.05, 3.63) is 105 Å². The zero-order valence-corrected chi connectivity index (χ0v) is 25.8. The average molecular weight is 656 g/mol. The molecule has 240 valence electrons. The molecule has 1 N–H and O–H groups in total. The highest BCUT2D eigenvalue weighted by Gasteiger charge is 2.31. The molecule has 5 rings (SSSR count). The Kier molecular flexibility index (Phi) is 9.51. The summed E-state index contributed by atoms with van der Waals surface area (Å²) in [5.41, 5.74) is 2.89. The number of hydrogen-bond donors (Lipinski definition) is 1. The Hall–Kier alpha value is -5.05. The van der Waals surface area contributed by atoms with Gasteiger partial charge in [-0.3, -0.25) is 0 Å². The Bertz CT molecular complexity index is 1960. The van der Waals surface area contributed by atoms with Crippen molar-refractivity contribution in [3.63, 3.8) is 0 Å². The second-order valence-corrected chi connectivity index (χ2v) is 11.4. The van der Waals surface area contributed by atoms with Crippen LogP contribution in [0.2, 0.25) is 0 Å². The summed E-state index contributed by atoms with van der Waals surface area (Å²) in [5.74, 6) is -0.405. The van der Waals surface area contributed by atoms with Crippen molar-refractivity contribution in [3.8, 4) is 28.5 Å². The van der Waals surface area contributed by atoms with E-state index in [0.29, 0.717) is 35.7 Å². The van der Waals surface area contributed by atoms with Gasteiger partial charge in [0.25, 0.3) is 0 Å². The van der Waals surface area contributed by atoms with Gasteiger partial charge in [0.2, 0.25) is 4.80 Å². The molecule has 5 aromatic rings. The second-order valence-electron chi connectivity index (χ2n) is 10.4. The number of aryl methyl sites for hydroxylation is 1. The molecule has 10 nitrogen and oxygen atoms in total. The first-order valence-corrected chi connectivity index (χ1v) is 15.0. The van der Waals surface area contributed by atoms with Crippen LogP contribution in [0.4, 0.5) is 22.4 Å². The fraction of sp³-hybridized carbons (Fsp3) is 0.258. The number of amides is 2. The normalized spacial score (nSPS) is 12.1. The number of halogens is 4. The summed E-state index contributed by atoms with van der Waals surface area (Å²) in [6.45, 7) is 6.27. The van der Waals surface area contributed by atoms with Crippen molar-refractivity contribution >= 4 is 17.6 Å². The summed E-state index contributed by atoms with van der Waals surface area (Å²) >= 11 is 1.05. The second kappa shape index (κ2) is 13.5. The van der Waals surface area contributed by atoms with Crippen molar-refractivity contribution < 1.29 is 27.1 Å². The topological polar surface area (TPSA) is 108 Å². The number of benzene rings is 3. The van der Waals surface area contributed by atoms with Gasteiger partial charge in [0.1, 0.15) is 17.9 Å². The van der Waals surface area contributed by atoms with Crippen LogP contribution in [-0.2, 0) is 13.0 Å². The minimum atomic E-state index is -4.77. The number of hydrogen-bond acceptors (Lipinski definition) is 6. The molecule has 2 aromatic heterocycles. The van der Waals surface area contributed by atoms with Crippen molar-refractivity contribution in [2.75, 3.05) is 6.54 Å². The summed E-state index contributed by atoms with van der Waals surface area (Å²) in [6.07, 6.45) is -2.82. The Labute approximate surface area is 264 Å². The summed E-state index contributed by atoms with van der Waals surface area (Å²) < 4.78 is 59.4. The van der Waals surface area contributed by atoms with Crippen LogP contribution in [0.3, 0.4) is 0 Å². The summed E-state index contributed by atoms with van der Waals surface area (Å²) in [6, 6.07) is 16.2. The van der Waals surface area contributed by atoms with Crippen LogP contribution in [0, 0.1) is 5.82 Å². The maximum Gasteiger partial charge on any atom is 0.573 e. The van der Waals surface area contributed by atoms with Crippen LogP contribution in [-0.4, -0.2) is 42.2 Å². The zero-order chi connectivity index (χ0) is 33.0. The smallest absolute Gasteiger partial charge is 0.406 e. The van der Waals surface area contributed by atoms with E-state index in [4.69, 9.17) is 0 Å². The van der Waals surface area contributed by atoms with Gasteiger partial charge in [0, 0.05) is 18.7 Å². The maximum absolute atomic E-state index is 14.0. The summed E-state index contributed by atoms with van der Waals surface area (Å²) in [4.78, 5) is 34.5. The Morgan fingerprint density at radius 2 is 1.78 bits per heavy atom. The van der Waals surface area contributed by atoms with Gasteiger partial charge in [-0.1, -0.05) is 38.1 Å². The van der Waals surface area contributed by atoms with E-state index in [9.17, 15) is 27.2 Å². The van der Waals surface area contributed by atoms with E-state index >= 15 is 0 Å². The van der Waals surface area contributed by atoms with Crippen molar-refractivity contribution in [1.82, 2.24) is 28.6 Å². The van der Waals surface area contributed by atoms with Crippen molar-refractivity contribution in [1.29, 1.82) is 0 Å². The molecular formula is C31H29F4N7O3S. The van der Waals surface area contributed by atoms with Gasteiger partial charge in [-0.05, 0) is 84.4 Å². The molecule has 0 aliphatic rings. The van der Waals surface area contributed by atoms with E-state index in [1.165, 1.54) is 62.0 Å².